The molecular formula is C9H8N3. The molecule has 3 heteroatoms. The minimum absolute atomic E-state index is 0.702. The van der Waals surface area contributed by atoms with Crippen LogP contribution in [0.4, 0.5) is 0 Å². The van der Waals surface area contributed by atoms with E-state index < -0.39 is 0 Å². The molecule has 0 spiro atoms. The van der Waals surface area contributed by atoms with Gasteiger partial charge >= 0.3 is 0 Å². The number of amidine groups is 1. The highest BCUT2D eigenvalue weighted by Crippen LogP contribution is 2.05. The van der Waals surface area contributed by atoms with Crippen molar-refractivity contribution in [2.24, 2.45) is 4.99 Å². The van der Waals surface area contributed by atoms with Gasteiger partial charge in [-0.1, -0.05) is 6.07 Å². The number of hydrogen-bond acceptors (Lipinski definition) is 2. The minimum atomic E-state index is 0.702. The van der Waals surface area contributed by atoms with Crippen LogP contribution in [0, 0.1) is 0 Å². The number of hydrogen-bond donors (Lipinski definition) is 0. The molecule has 0 aliphatic carbocycles. The van der Waals surface area contributed by atoms with Crippen molar-refractivity contribution >= 4 is 5.84 Å². The van der Waals surface area contributed by atoms with Crippen LogP contribution in [-0.2, 0) is 0 Å². The summed E-state index contributed by atoms with van der Waals surface area (Å²) in [4.78, 5) is 8.25. The molecule has 1 aromatic rings. The van der Waals surface area contributed by atoms with Gasteiger partial charge in [0.1, 0.15) is 5.69 Å². The van der Waals surface area contributed by atoms with Crippen molar-refractivity contribution in [3.8, 4) is 0 Å². The zero-order valence-electron chi connectivity index (χ0n) is 6.73. The lowest BCUT2D eigenvalue weighted by Crippen LogP contribution is -2.12. The summed E-state index contributed by atoms with van der Waals surface area (Å²) >= 11 is 0. The van der Waals surface area contributed by atoms with Crippen molar-refractivity contribution in [2.75, 3.05) is 0 Å². The highest BCUT2D eigenvalue weighted by atomic mass is 15.1. The Labute approximate surface area is 70.9 Å². The van der Waals surface area contributed by atoms with E-state index in [0.717, 1.165) is 11.4 Å². The molecule has 1 aromatic heterocycles. The maximum atomic E-state index is 4.21. The van der Waals surface area contributed by atoms with Gasteiger partial charge < -0.3 is 0 Å². The average molecular weight is 158 g/mol. The van der Waals surface area contributed by atoms with Crippen LogP contribution in [0.5, 0.6) is 0 Å². The van der Waals surface area contributed by atoms with Crippen LogP contribution in [0.15, 0.2) is 41.3 Å². The van der Waals surface area contributed by atoms with Crippen LogP contribution in [0.3, 0.4) is 0 Å². The summed E-state index contributed by atoms with van der Waals surface area (Å²) in [7, 11) is 0. The van der Waals surface area contributed by atoms with Crippen LogP contribution in [0.2, 0.25) is 0 Å². The van der Waals surface area contributed by atoms with Gasteiger partial charge in [0, 0.05) is 6.20 Å². The number of nitrogens with zero attached hydrogens (tertiary/aromatic N) is 3. The largest absolute Gasteiger partial charge is 0.253 e. The van der Waals surface area contributed by atoms with E-state index in [1.807, 2.05) is 25.1 Å². The topological polar surface area (TPSA) is 39.4 Å². The van der Waals surface area contributed by atoms with E-state index in [0.29, 0.717) is 5.84 Å². The fraction of sp³-hybridized carbons (Fsp3) is 0.111. The summed E-state index contributed by atoms with van der Waals surface area (Å²) in [5.74, 6) is 0.702. The lowest BCUT2D eigenvalue weighted by molar-refractivity contribution is 1.12. The van der Waals surface area contributed by atoms with Gasteiger partial charge in [0.25, 0.3) is 0 Å². The van der Waals surface area contributed by atoms with Gasteiger partial charge in [-0.05, 0) is 19.1 Å². The van der Waals surface area contributed by atoms with Crippen molar-refractivity contribution < 1.29 is 0 Å². The number of pyridine rings is 1. The Morgan fingerprint density at radius 3 is 2.75 bits per heavy atom. The van der Waals surface area contributed by atoms with Crippen LogP contribution >= 0.6 is 0 Å². The van der Waals surface area contributed by atoms with E-state index in [2.05, 4.69) is 15.3 Å². The van der Waals surface area contributed by atoms with Gasteiger partial charge in [-0.2, -0.15) is 0 Å². The number of rotatable bonds is 1. The first-order valence-electron chi connectivity index (χ1n) is 3.74. The molecule has 2 rings (SSSR count). The normalized spacial score (nSPS) is 15.1. The van der Waals surface area contributed by atoms with E-state index in [-0.39, 0.29) is 0 Å². The van der Waals surface area contributed by atoms with Crippen LogP contribution in [-0.4, -0.2) is 10.8 Å². The fourth-order valence-electron chi connectivity index (χ4n) is 0.998. The summed E-state index contributed by atoms with van der Waals surface area (Å²) in [5, 5.41) is 4.21. The second kappa shape index (κ2) is 2.77. The van der Waals surface area contributed by atoms with Gasteiger partial charge in [0.15, 0.2) is 5.84 Å². The first kappa shape index (κ1) is 7.03. The molecule has 0 amide bonds. The van der Waals surface area contributed by atoms with E-state index in [9.17, 15) is 0 Å². The van der Waals surface area contributed by atoms with Crippen LogP contribution in [0.1, 0.15) is 12.6 Å². The molecule has 3 nitrogen and oxygen atoms in total. The van der Waals surface area contributed by atoms with E-state index >= 15 is 0 Å². The molecule has 0 saturated carbocycles. The van der Waals surface area contributed by atoms with Crippen LogP contribution < -0.4 is 5.32 Å². The van der Waals surface area contributed by atoms with Crippen molar-refractivity contribution in [1.29, 1.82) is 0 Å². The van der Waals surface area contributed by atoms with E-state index in [1.54, 1.807) is 12.4 Å². The summed E-state index contributed by atoms with van der Waals surface area (Å²) < 4.78 is 0. The van der Waals surface area contributed by atoms with Crippen molar-refractivity contribution in [1.82, 2.24) is 10.3 Å². The Bertz CT molecular complexity index is 338. The predicted octanol–water partition coefficient (Wildman–Crippen LogP) is 1.31. The fourth-order valence-corrected chi connectivity index (χ4v) is 0.998. The Kier molecular flexibility index (Phi) is 1.63. The number of aromatic nitrogens is 1. The van der Waals surface area contributed by atoms with Crippen LogP contribution in [0.25, 0.3) is 0 Å². The molecule has 1 aliphatic rings. The molecule has 0 N–H and O–H groups in total. The van der Waals surface area contributed by atoms with E-state index in [1.165, 1.54) is 0 Å². The Morgan fingerprint density at radius 1 is 1.25 bits per heavy atom. The summed E-state index contributed by atoms with van der Waals surface area (Å²) in [5.41, 5.74) is 1.75. The van der Waals surface area contributed by atoms with E-state index in [4.69, 9.17) is 0 Å². The molecule has 0 unspecified atom stereocenters. The molecule has 0 atom stereocenters. The molecule has 0 saturated heterocycles. The molecule has 1 radical (unpaired) electrons. The summed E-state index contributed by atoms with van der Waals surface area (Å²) in [6.45, 7) is 1.92. The zero-order valence-corrected chi connectivity index (χ0v) is 6.73. The second-order valence-electron chi connectivity index (χ2n) is 2.55. The standard InChI is InChI=1S/C9H8N3/c1-7-6-11-9(12-7)8-4-2-3-5-10-8/h2-6H,1H3. The maximum Gasteiger partial charge on any atom is 0.178 e. The molecule has 59 valence electrons. The molecule has 1 aliphatic heterocycles. The maximum absolute atomic E-state index is 4.21. The first-order valence-corrected chi connectivity index (χ1v) is 3.74. The third-order valence-electron chi connectivity index (χ3n) is 1.55. The SMILES string of the molecule is CC1=CN=C(c2ccccn2)[N]1. The quantitative estimate of drug-likeness (QED) is 0.607. The summed E-state index contributed by atoms with van der Waals surface area (Å²) in [6.07, 6.45) is 3.48. The Balaban J connectivity index is 2.25. The smallest absolute Gasteiger partial charge is 0.178 e. The Morgan fingerprint density at radius 2 is 2.17 bits per heavy atom. The van der Waals surface area contributed by atoms with Gasteiger partial charge in [0.2, 0.25) is 0 Å². The van der Waals surface area contributed by atoms with Gasteiger partial charge in [0.05, 0.1) is 11.9 Å². The molecule has 0 bridgehead atoms. The monoisotopic (exact) mass is 158 g/mol. The Hall–Kier alpha value is -1.64. The van der Waals surface area contributed by atoms with Gasteiger partial charge in [-0.25, -0.2) is 10.3 Å². The highest BCUT2D eigenvalue weighted by Gasteiger charge is 2.09. The molecular weight excluding hydrogens is 150 g/mol. The first-order chi connectivity index (χ1) is 5.86. The number of allylic oxidation sites excluding steroid dienone is 1. The van der Waals surface area contributed by atoms with Gasteiger partial charge in [-0.15, -0.1) is 0 Å². The minimum Gasteiger partial charge on any atom is -0.253 e. The molecule has 0 aromatic carbocycles. The highest BCUT2D eigenvalue weighted by molar-refractivity contribution is 5.99. The number of aliphatic imine (C=N–C) groups is 1. The van der Waals surface area contributed by atoms with Gasteiger partial charge in [-0.3, -0.25) is 4.98 Å². The van der Waals surface area contributed by atoms with Crippen molar-refractivity contribution in [2.45, 2.75) is 6.92 Å². The lowest BCUT2D eigenvalue weighted by atomic mass is 10.3. The lowest BCUT2D eigenvalue weighted by Gasteiger charge is -1.97. The molecule has 12 heavy (non-hydrogen) atoms. The molecule has 0 fully saturated rings. The third-order valence-corrected chi connectivity index (χ3v) is 1.55. The average Bonchev–Trinajstić information content (AvgIpc) is 2.54. The van der Waals surface area contributed by atoms with Crippen molar-refractivity contribution in [3.63, 3.8) is 0 Å². The second-order valence-corrected chi connectivity index (χ2v) is 2.55. The zero-order chi connectivity index (χ0) is 8.39. The predicted molar refractivity (Wildman–Crippen MR) is 46.7 cm³/mol. The third kappa shape index (κ3) is 1.21. The molecule has 2 heterocycles. The van der Waals surface area contributed by atoms with Crippen molar-refractivity contribution in [3.05, 3.63) is 42.0 Å². The summed E-state index contributed by atoms with van der Waals surface area (Å²) in [6, 6.07) is 5.70.